The van der Waals surface area contributed by atoms with Crippen LogP contribution in [0.5, 0.6) is 0 Å². The summed E-state index contributed by atoms with van der Waals surface area (Å²) in [6.07, 6.45) is -0.537. The number of anilines is 2. The molecule has 1 atom stereocenters. The lowest BCUT2D eigenvalue weighted by Crippen LogP contribution is -2.31. The highest BCUT2D eigenvalue weighted by molar-refractivity contribution is 6.07. The standard InChI is InChI=1S/C27H24N2O/c30-23(19-28(21-11-3-1-4-12-21)22-13-5-2-6-14-22)20-29-26-17-9-7-15-24(26)25-16-8-10-18-27(25)29/h1-18,23,30H,19-20H2. The molecular formula is C27H24N2O. The SMILES string of the molecule is OC(CN(c1ccccc1)c1ccccc1)Cn1c2ccccc2c2ccccc21. The number of hydrogen-bond donors (Lipinski definition) is 1. The minimum atomic E-state index is -0.537. The van der Waals surface area contributed by atoms with Gasteiger partial charge in [-0.1, -0.05) is 72.8 Å². The summed E-state index contributed by atoms with van der Waals surface area (Å²) in [6.45, 7) is 1.04. The Kier molecular flexibility index (Phi) is 4.96. The molecule has 4 aromatic carbocycles. The number of aromatic nitrogens is 1. The Morgan fingerprint density at radius 1 is 0.600 bits per heavy atom. The summed E-state index contributed by atoms with van der Waals surface area (Å²) in [5.74, 6) is 0. The molecule has 3 nitrogen and oxygen atoms in total. The molecule has 0 saturated heterocycles. The van der Waals surface area contributed by atoms with Crippen LogP contribution in [0.2, 0.25) is 0 Å². The van der Waals surface area contributed by atoms with Gasteiger partial charge >= 0.3 is 0 Å². The molecule has 0 radical (unpaired) electrons. The van der Waals surface area contributed by atoms with E-state index in [1.807, 2.05) is 36.4 Å². The zero-order valence-corrected chi connectivity index (χ0v) is 16.7. The van der Waals surface area contributed by atoms with Crippen LogP contribution in [0.15, 0.2) is 109 Å². The molecule has 1 heterocycles. The number of aliphatic hydroxyl groups is 1. The van der Waals surface area contributed by atoms with E-state index in [0.29, 0.717) is 13.1 Å². The normalized spacial score (nSPS) is 12.3. The molecule has 1 N–H and O–H groups in total. The molecular weight excluding hydrogens is 368 g/mol. The third-order valence-electron chi connectivity index (χ3n) is 5.60. The Bertz CT molecular complexity index is 1170. The first-order valence-corrected chi connectivity index (χ1v) is 10.3. The average Bonchev–Trinajstić information content (AvgIpc) is 3.12. The van der Waals surface area contributed by atoms with Crippen LogP contribution in [0.3, 0.4) is 0 Å². The van der Waals surface area contributed by atoms with Gasteiger partial charge in [0.2, 0.25) is 0 Å². The van der Waals surface area contributed by atoms with Gasteiger partial charge in [0.15, 0.2) is 0 Å². The van der Waals surface area contributed by atoms with Crippen molar-refractivity contribution in [2.75, 3.05) is 11.4 Å². The van der Waals surface area contributed by atoms with Crippen molar-refractivity contribution in [2.45, 2.75) is 12.6 Å². The Hall–Kier alpha value is -3.56. The smallest absolute Gasteiger partial charge is 0.0898 e. The van der Waals surface area contributed by atoms with Gasteiger partial charge < -0.3 is 14.6 Å². The number of aliphatic hydroxyl groups excluding tert-OH is 1. The second kappa shape index (κ2) is 8.05. The lowest BCUT2D eigenvalue weighted by Gasteiger charge is -2.28. The monoisotopic (exact) mass is 392 g/mol. The number of nitrogens with zero attached hydrogens (tertiary/aromatic N) is 2. The number of benzene rings is 4. The summed E-state index contributed by atoms with van der Waals surface area (Å²) in [4.78, 5) is 2.18. The molecule has 0 aliphatic rings. The van der Waals surface area contributed by atoms with Crippen molar-refractivity contribution in [3.05, 3.63) is 109 Å². The van der Waals surface area contributed by atoms with Gasteiger partial charge in [-0.3, -0.25) is 0 Å². The highest BCUT2D eigenvalue weighted by Crippen LogP contribution is 2.30. The molecule has 148 valence electrons. The summed E-state index contributed by atoms with van der Waals surface area (Å²) in [6, 6.07) is 37.3. The molecule has 0 spiro atoms. The highest BCUT2D eigenvalue weighted by atomic mass is 16.3. The van der Waals surface area contributed by atoms with Crippen molar-refractivity contribution in [3.63, 3.8) is 0 Å². The molecule has 0 aliphatic heterocycles. The van der Waals surface area contributed by atoms with Crippen molar-refractivity contribution in [2.24, 2.45) is 0 Å². The Morgan fingerprint density at radius 3 is 1.53 bits per heavy atom. The van der Waals surface area contributed by atoms with Crippen molar-refractivity contribution < 1.29 is 5.11 Å². The van der Waals surface area contributed by atoms with Crippen molar-refractivity contribution in [1.29, 1.82) is 0 Å². The summed E-state index contributed by atoms with van der Waals surface area (Å²) < 4.78 is 2.24. The second-order valence-electron chi connectivity index (χ2n) is 7.58. The topological polar surface area (TPSA) is 28.4 Å². The molecule has 0 saturated carbocycles. The first kappa shape index (κ1) is 18.5. The summed E-state index contributed by atoms with van der Waals surface area (Å²) >= 11 is 0. The van der Waals surface area contributed by atoms with E-state index >= 15 is 0 Å². The predicted octanol–water partition coefficient (Wildman–Crippen LogP) is 5.99. The average molecular weight is 393 g/mol. The number of fused-ring (bicyclic) bond motifs is 3. The minimum absolute atomic E-state index is 0.509. The van der Waals surface area contributed by atoms with E-state index in [0.717, 1.165) is 22.4 Å². The third-order valence-corrected chi connectivity index (χ3v) is 5.60. The second-order valence-corrected chi connectivity index (χ2v) is 7.58. The molecule has 0 fully saturated rings. The van der Waals surface area contributed by atoms with E-state index in [1.165, 1.54) is 10.8 Å². The number of rotatable bonds is 6. The molecule has 0 amide bonds. The lowest BCUT2D eigenvalue weighted by atomic mass is 10.2. The Morgan fingerprint density at radius 2 is 1.03 bits per heavy atom. The van der Waals surface area contributed by atoms with Crippen LogP contribution in [-0.2, 0) is 6.54 Å². The predicted molar refractivity (Wildman–Crippen MR) is 125 cm³/mol. The van der Waals surface area contributed by atoms with Gasteiger partial charge in [-0.25, -0.2) is 0 Å². The molecule has 1 unspecified atom stereocenters. The van der Waals surface area contributed by atoms with E-state index in [-0.39, 0.29) is 0 Å². The van der Waals surface area contributed by atoms with E-state index < -0.39 is 6.10 Å². The minimum Gasteiger partial charge on any atom is -0.389 e. The van der Waals surface area contributed by atoms with Gasteiger partial charge in [-0.15, -0.1) is 0 Å². The quantitative estimate of drug-likeness (QED) is 0.384. The fourth-order valence-electron chi connectivity index (χ4n) is 4.26. The first-order valence-electron chi connectivity index (χ1n) is 10.3. The third kappa shape index (κ3) is 3.44. The van der Waals surface area contributed by atoms with E-state index in [2.05, 4.69) is 82.3 Å². The van der Waals surface area contributed by atoms with Crippen molar-refractivity contribution >= 4 is 33.2 Å². The van der Waals surface area contributed by atoms with Crippen LogP contribution in [0.25, 0.3) is 21.8 Å². The van der Waals surface area contributed by atoms with Gasteiger partial charge in [0, 0.05) is 33.2 Å². The highest BCUT2D eigenvalue weighted by Gasteiger charge is 2.17. The van der Waals surface area contributed by atoms with Crippen LogP contribution in [0.1, 0.15) is 0 Å². The first-order chi connectivity index (χ1) is 14.8. The van der Waals surface area contributed by atoms with Gasteiger partial charge in [-0.2, -0.15) is 0 Å². The molecule has 30 heavy (non-hydrogen) atoms. The van der Waals surface area contributed by atoms with Crippen LogP contribution < -0.4 is 4.90 Å². The van der Waals surface area contributed by atoms with Crippen LogP contribution in [-0.4, -0.2) is 22.3 Å². The lowest BCUT2D eigenvalue weighted by molar-refractivity contribution is 0.165. The fourth-order valence-corrected chi connectivity index (χ4v) is 4.26. The Labute approximate surface area is 176 Å². The van der Waals surface area contributed by atoms with Gasteiger partial charge in [0.1, 0.15) is 0 Å². The van der Waals surface area contributed by atoms with Gasteiger partial charge in [0.05, 0.1) is 19.2 Å². The van der Waals surface area contributed by atoms with E-state index in [4.69, 9.17) is 0 Å². The molecule has 1 aromatic heterocycles. The number of para-hydroxylation sites is 4. The zero-order valence-electron chi connectivity index (χ0n) is 16.7. The molecule has 5 rings (SSSR count). The van der Waals surface area contributed by atoms with E-state index in [1.54, 1.807) is 0 Å². The van der Waals surface area contributed by atoms with Gasteiger partial charge in [-0.05, 0) is 36.4 Å². The van der Waals surface area contributed by atoms with E-state index in [9.17, 15) is 5.11 Å². The van der Waals surface area contributed by atoms with Gasteiger partial charge in [0.25, 0.3) is 0 Å². The largest absolute Gasteiger partial charge is 0.389 e. The number of hydrogen-bond acceptors (Lipinski definition) is 2. The van der Waals surface area contributed by atoms with Crippen LogP contribution >= 0.6 is 0 Å². The molecule has 0 aliphatic carbocycles. The van der Waals surface area contributed by atoms with Crippen LogP contribution in [0, 0.1) is 0 Å². The zero-order chi connectivity index (χ0) is 20.3. The maximum Gasteiger partial charge on any atom is 0.0898 e. The Balaban J connectivity index is 1.49. The summed E-state index contributed by atoms with van der Waals surface area (Å²) in [5, 5.41) is 13.6. The molecule has 0 bridgehead atoms. The maximum absolute atomic E-state index is 11.2. The summed E-state index contributed by atoms with van der Waals surface area (Å²) in [5.41, 5.74) is 4.46. The maximum atomic E-state index is 11.2. The van der Waals surface area contributed by atoms with Crippen molar-refractivity contribution in [1.82, 2.24) is 4.57 Å². The van der Waals surface area contributed by atoms with Crippen molar-refractivity contribution in [3.8, 4) is 0 Å². The van der Waals surface area contributed by atoms with Crippen LogP contribution in [0.4, 0.5) is 11.4 Å². The molecule has 3 heteroatoms. The molecule has 5 aromatic rings. The fraction of sp³-hybridized carbons (Fsp3) is 0.111. The summed E-state index contributed by atoms with van der Waals surface area (Å²) in [7, 11) is 0.